The van der Waals surface area contributed by atoms with Crippen molar-refractivity contribution in [2.75, 3.05) is 19.6 Å². The van der Waals surface area contributed by atoms with Gasteiger partial charge in [0.25, 0.3) is 0 Å². The van der Waals surface area contributed by atoms with E-state index in [9.17, 15) is 13.2 Å². The highest BCUT2D eigenvalue weighted by molar-refractivity contribution is 5.30. The van der Waals surface area contributed by atoms with Crippen molar-refractivity contribution in [1.82, 2.24) is 4.90 Å². The molecule has 2 aromatic rings. The maximum atomic E-state index is 13.9. The Morgan fingerprint density at radius 1 is 1.12 bits per heavy atom. The number of ether oxygens (including phenoxy) is 1. The molecule has 1 saturated heterocycles. The summed E-state index contributed by atoms with van der Waals surface area (Å²) in [5, 5.41) is 0. The van der Waals surface area contributed by atoms with Crippen LogP contribution in [0.4, 0.5) is 13.2 Å². The first kappa shape index (κ1) is 17.8. The zero-order valence-corrected chi connectivity index (χ0v) is 13.7. The number of likely N-dealkylation sites (tertiary alicyclic amines) is 1. The van der Waals surface area contributed by atoms with Gasteiger partial charge < -0.3 is 10.5 Å². The second-order valence-electron chi connectivity index (χ2n) is 6.35. The molecule has 25 heavy (non-hydrogen) atoms. The summed E-state index contributed by atoms with van der Waals surface area (Å²) in [6, 6.07) is 14.4. The van der Waals surface area contributed by atoms with E-state index in [0.29, 0.717) is 24.9 Å². The first-order chi connectivity index (χ1) is 12.1. The number of hydrogen-bond acceptors (Lipinski definition) is 3. The molecule has 0 bridgehead atoms. The van der Waals surface area contributed by atoms with Gasteiger partial charge in [0.1, 0.15) is 0 Å². The molecule has 1 fully saturated rings. The largest absolute Gasteiger partial charge is 0.432 e. The van der Waals surface area contributed by atoms with Gasteiger partial charge >= 0.3 is 6.61 Å². The average Bonchev–Trinajstić information content (AvgIpc) is 3.01. The Morgan fingerprint density at radius 3 is 2.52 bits per heavy atom. The van der Waals surface area contributed by atoms with Gasteiger partial charge in [-0.05, 0) is 35.7 Å². The van der Waals surface area contributed by atoms with E-state index in [4.69, 9.17) is 5.73 Å². The molecular weight excluding hydrogens is 329 g/mol. The average molecular weight is 350 g/mol. The lowest BCUT2D eigenvalue weighted by molar-refractivity contribution is -0.0522. The van der Waals surface area contributed by atoms with Crippen LogP contribution < -0.4 is 10.5 Å². The molecule has 0 aliphatic carbocycles. The Bertz CT molecular complexity index is 696. The van der Waals surface area contributed by atoms with Crippen LogP contribution in [-0.4, -0.2) is 31.1 Å². The van der Waals surface area contributed by atoms with E-state index in [1.807, 2.05) is 18.2 Å². The van der Waals surface area contributed by atoms with Gasteiger partial charge in [-0.15, -0.1) is 0 Å². The second-order valence-corrected chi connectivity index (χ2v) is 6.35. The Labute approximate surface area is 145 Å². The van der Waals surface area contributed by atoms with Crippen molar-refractivity contribution in [1.29, 1.82) is 0 Å². The van der Waals surface area contributed by atoms with Crippen molar-refractivity contribution < 1.29 is 17.9 Å². The van der Waals surface area contributed by atoms with E-state index in [-0.39, 0.29) is 0 Å². The van der Waals surface area contributed by atoms with E-state index < -0.39 is 18.2 Å². The van der Waals surface area contributed by atoms with Crippen molar-refractivity contribution in [3.05, 3.63) is 65.5 Å². The first-order valence-electron chi connectivity index (χ1n) is 8.27. The van der Waals surface area contributed by atoms with Crippen LogP contribution in [-0.2, 0) is 6.54 Å². The molecule has 134 valence electrons. The fourth-order valence-electron chi connectivity index (χ4n) is 3.50. The fourth-order valence-corrected chi connectivity index (χ4v) is 3.50. The van der Waals surface area contributed by atoms with Crippen LogP contribution in [0.2, 0.25) is 0 Å². The molecular formula is C19H21F3N2O. The summed E-state index contributed by atoms with van der Waals surface area (Å²) < 4.78 is 42.4. The molecule has 0 aromatic heterocycles. The fraction of sp³-hybridized carbons (Fsp3) is 0.368. The molecule has 6 heteroatoms. The number of nitrogens with two attached hydrogens (primary N) is 1. The third-order valence-corrected chi connectivity index (χ3v) is 4.67. The zero-order chi connectivity index (χ0) is 17.8. The van der Waals surface area contributed by atoms with Crippen LogP contribution in [0.15, 0.2) is 48.5 Å². The smallest absolute Gasteiger partial charge is 0.387 e. The quantitative estimate of drug-likeness (QED) is 0.865. The van der Waals surface area contributed by atoms with E-state index in [2.05, 4.69) is 21.8 Å². The molecule has 2 N–H and O–H groups in total. The molecule has 1 aliphatic rings. The normalized spacial score (nSPS) is 21.0. The monoisotopic (exact) mass is 350 g/mol. The number of rotatable bonds is 6. The van der Waals surface area contributed by atoms with Gasteiger partial charge in [0.15, 0.2) is 11.6 Å². The minimum absolute atomic E-state index is 0.341. The van der Waals surface area contributed by atoms with Gasteiger partial charge in [0.2, 0.25) is 0 Å². The van der Waals surface area contributed by atoms with Crippen molar-refractivity contribution in [3.8, 4) is 5.75 Å². The van der Waals surface area contributed by atoms with E-state index in [0.717, 1.165) is 18.7 Å². The highest BCUT2D eigenvalue weighted by atomic mass is 19.3. The molecule has 3 nitrogen and oxygen atoms in total. The lowest BCUT2D eigenvalue weighted by atomic mass is 9.89. The highest BCUT2D eigenvalue weighted by Crippen LogP contribution is 2.33. The van der Waals surface area contributed by atoms with Gasteiger partial charge in [-0.1, -0.05) is 36.4 Å². The maximum Gasteiger partial charge on any atom is 0.387 e. The number of hydrogen-bond donors (Lipinski definition) is 1. The Balaban J connectivity index is 1.68. The van der Waals surface area contributed by atoms with Gasteiger partial charge in [-0.3, -0.25) is 4.90 Å². The topological polar surface area (TPSA) is 38.5 Å². The molecule has 1 aliphatic heterocycles. The van der Waals surface area contributed by atoms with Crippen LogP contribution in [0, 0.1) is 11.7 Å². The summed E-state index contributed by atoms with van der Waals surface area (Å²) in [4.78, 5) is 2.22. The number of halogens is 3. The van der Waals surface area contributed by atoms with Crippen LogP contribution in [0.1, 0.15) is 17.0 Å². The van der Waals surface area contributed by atoms with Gasteiger partial charge in [-0.2, -0.15) is 8.78 Å². The summed E-state index contributed by atoms with van der Waals surface area (Å²) >= 11 is 0. The number of alkyl halides is 2. The molecule has 0 unspecified atom stereocenters. The van der Waals surface area contributed by atoms with Crippen LogP contribution in [0.3, 0.4) is 0 Å². The minimum Gasteiger partial charge on any atom is -0.432 e. The summed E-state index contributed by atoms with van der Waals surface area (Å²) in [5.74, 6) is -0.514. The van der Waals surface area contributed by atoms with Crippen LogP contribution in [0.25, 0.3) is 0 Å². The first-order valence-corrected chi connectivity index (χ1v) is 8.27. The third-order valence-electron chi connectivity index (χ3n) is 4.67. The predicted molar refractivity (Wildman–Crippen MR) is 90.0 cm³/mol. The van der Waals surface area contributed by atoms with Crippen molar-refractivity contribution in [2.45, 2.75) is 19.1 Å². The Hall–Kier alpha value is -2.05. The zero-order valence-electron chi connectivity index (χ0n) is 13.7. The van der Waals surface area contributed by atoms with Crippen molar-refractivity contribution >= 4 is 0 Å². The van der Waals surface area contributed by atoms with Gasteiger partial charge in [0.05, 0.1) is 0 Å². The van der Waals surface area contributed by atoms with Crippen LogP contribution >= 0.6 is 0 Å². The van der Waals surface area contributed by atoms with Crippen molar-refractivity contribution in [2.24, 2.45) is 11.7 Å². The molecule has 1 heterocycles. The van der Waals surface area contributed by atoms with E-state index in [1.54, 1.807) is 6.07 Å². The molecule has 0 amide bonds. The van der Waals surface area contributed by atoms with E-state index in [1.165, 1.54) is 17.7 Å². The Morgan fingerprint density at radius 2 is 1.88 bits per heavy atom. The highest BCUT2D eigenvalue weighted by Gasteiger charge is 2.32. The molecule has 0 saturated carbocycles. The second kappa shape index (κ2) is 7.89. The maximum absolute atomic E-state index is 13.9. The number of benzene rings is 2. The minimum atomic E-state index is -3.03. The predicted octanol–water partition coefficient (Wildman–Crippen LogP) is 3.60. The molecule has 2 atom stereocenters. The number of nitrogens with zero attached hydrogens (tertiary/aromatic N) is 1. The standard InChI is InChI=1S/C19H21F3N2O/c20-17-8-13(6-7-18(17)25-19(21)22)10-24-11-15(9-23)16(12-24)14-4-2-1-3-5-14/h1-8,15-16,19H,9-12,23H2/t15-,16+/m1/s1. The third kappa shape index (κ3) is 4.32. The van der Waals surface area contributed by atoms with Crippen LogP contribution in [0.5, 0.6) is 5.75 Å². The summed E-state index contributed by atoms with van der Waals surface area (Å²) in [7, 11) is 0. The molecule has 0 spiro atoms. The summed E-state index contributed by atoms with van der Waals surface area (Å²) in [5.41, 5.74) is 7.92. The SMILES string of the molecule is NC[C@@H]1CN(Cc2ccc(OC(F)F)c(F)c2)C[C@H]1c1ccccc1. The lowest BCUT2D eigenvalue weighted by Gasteiger charge is -2.17. The lowest BCUT2D eigenvalue weighted by Crippen LogP contribution is -2.23. The molecule has 3 rings (SSSR count). The Kier molecular flexibility index (Phi) is 5.60. The van der Waals surface area contributed by atoms with Gasteiger partial charge in [-0.25, -0.2) is 4.39 Å². The molecule has 2 aromatic carbocycles. The summed E-state index contributed by atoms with van der Waals surface area (Å²) in [6.07, 6.45) is 0. The van der Waals surface area contributed by atoms with Crippen molar-refractivity contribution in [3.63, 3.8) is 0 Å². The molecule has 0 radical (unpaired) electrons. The van der Waals surface area contributed by atoms with E-state index >= 15 is 0 Å². The van der Waals surface area contributed by atoms with Gasteiger partial charge in [0, 0.05) is 25.6 Å². The summed E-state index contributed by atoms with van der Waals surface area (Å²) in [6.45, 7) is -0.233.